The number of carbonyl (C=O) groups excluding carboxylic acids is 3. The molecule has 1 N–H and O–H groups in total. The van der Waals surface area contributed by atoms with E-state index >= 15 is 0 Å². The lowest BCUT2D eigenvalue weighted by molar-refractivity contribution is -0.150. The Bertz CT molecular complexity index is 563. The van der Waals surface area contributed by atoms with E-state index in [0.29, 0.717) is 6.42 Å². The van der Waals surface area contributed by atoms with Gasteiger partial charge >= 0.3 is 12.0 Å². The molecule has 2 saturated heterocycles. The van der Waals surface area contributed by atoms with E-state index in [9.17, 15) is 24.3 Å². The van der Waals surface area contributed by atoms with Gasteiger partial charge in [0.15, 0.2) is 0 Å². The van der Waals surface area contributed by atoms with E-state index in [0.717, 1.165) is 30.6 Å². The van der Waals surface area contributed by atoms with Crippen molar-refractivity contribution in [3.63, 3.8) is 0 Å². The number of aliphatic carboxylic acids is 1. The quantitative estimate of drug-likeness (QED) is 0.744. The molecule has 8 heteroatoms. The van der Waals surface area contributed by atoms with Crippen molar-refractivity contribution in [2.75, 3.05) is 20.1 Å². The number of likely N-dealkylation sites (tertiary alicyclic amines) is 1. The van der Waals surface area contributed by atoms with Crippen LogP contribution in [0.2, 0.25) is 0 Å². The number of carbonyl (C=O) groups is 4. The zero-order chi connectivity index (χ0) is 16.7. The van der Waals surface area contributed by atoms with Crippen LogP contribution in [0.4, 0.5) is 4.79 Å². The first kappa shape index (κ1) is 15.8. The molecule has 0 aromatic heterocycles. The first-order valence-electron chi connectivity index (χ1n) is 7.99. The van der Waals surface area contributed by atoms with Crippen molar-refractivity contribution in [3.8, 4) is 0 Å². The van der Waals surface area contributed by atoms with Crippen LogP contribution in [-0.4, -0.2) is 75.8 Å². The van der Waals surface area contributed by atoms with Gasteiger partial charge in [-0.3, -0.25) is 14.5 Å². The highest BCUT2D eigenvalue weighted by Gasteiger charge is 2.48. The Hall–Kier alpha value is -2.12. The molecule has 3 aliphatic rings. The Balaban J connectivity index is 1.77. The summed E-state index contributed by atoms with van der Waals surface area (Å²) in [5.41, 5.74) is 0. The molecule has 126 valence electrons. The minimum atomic E-state index is -1.01. The molecule has 0 aromatic carbocycles. The van der Waals surface area contributed by atoms with Gasteiger partial charge < -0.3 is 14.9 Å². The van der Waals surface area contributed by atoms with Gasteiger partial charge in [0, 0.05) is 13.1 Å². The highest BCUT2D eigenvalue weighted by Crippen LogP contribution is 2.39. The number of likely N-dealkylation sites (N-methyl/N-ethyl adjacent to an activating group) is 1. The molecule has 0 aromatic rings. The number of rotatable bonds is 3. The minimum Gasteiger partial charge on any atom is -0.480 e. The predicted molar refractivity (Wildman–Crippen MR) is 78.4 cm³/mol. The molecule has 0 radical (unpaired) electrons. The molecule has 4 amide bonds. The van der Waals surface area contributed by atoms with Crippen molar-refractivity contribution in [1.29, 1.82) is 0 Å². The van der Waals surface area contributed by atoms with Crippen molar-refractivity contribution in [2.45, 2.75) is 44.2 Å². The summed E-state index contributed by atoms with van der Waals surface area (Å²) in [4.78, 5) is 51.5. The van der Waals surface area contributed by atoms with Crippen LogP contribution in [0.3, 0.4) is 0 Å². The van der Waals surface area contributed by atoms with Crippen molar-refractivity contribution in [3.05, 3.63) is 0 Å². The molecule has 3 atom stereocenters. The average Bonchev–Trinajstić information content (AvgIpc) is 3.00. The van der Waals surface area contributed by atoms with Gasteiger partial charge in [-0.25, -0.2) is 9.59 Å². The van der Waals surface area contributed by atoms with E-state index in [1.165, 1.54) is 16.8 Å². The van der Waals surface area contributed by atoms with E-state index in [1.54, 1.807) is 0 Å². The van der Waals surface area contributed by atoms with Gasteiger partial charge in [0.2, 0.25) is 5.91 Å². The molecule has 0 bridgehead atoms. The van der Waals surface area contributed by atoms with Crippen LogP contribution in [0.25, 0.3) is 0 Å². The van der Waals surface area contributed by atoms with Crippen LogP contribution in [0, 0.1) is 5.92 Å². The van der Waals surface area contributed by atoms with Crippen LogP contribution >= 0.6 is 0 Å². The summed E-state index contributed by atoms with van der Waals surface area (Å²) < 4.78 is 0. The van der Waals surface area contributed by atoms with E-state index in [-0.39, 0.29) is 25.0 Å². The lowest BCUT2D eigenvalue weighted by Gasteiger charge is -2.33. The normalized spacial score (nSPS) is 30.8. The molecular weight excluding hydrogens is 302 g/mol. The highest BCUT2D eigenvalue weighted by atomic mass is 16.4. The van der Waals surface area contributed by atoms with Crippen LogP contribution in [0.1, 0.15) is 32.1 Å². The maximum Gasteiger partial charge on any atom is 0.327 e. The third-order valence-corrected chi connectivity index (χ3v) is 5.19. The van der Waals surface area contributed by atoms with Gasteiger partial charge in [-0.1, -0.05) is 12.8 Å². The van der Waals surface area contributed by atoms with Crippen LogP contribution in [-0.2, 0) is 14.4 Å². The fraction of sp³-hybridized carbons (Fsp3) is 0.733. The van der Waals surface area contributed by atoms with Gasteiger partial charge in [-0.2, -0.15) is 0 Å². The molecule has 1 saturated carbocycles. The standard InChI is InChI=1S/C15H21N3O5/c1-16-7-12(19)17(15(16)23)8-13(20)18-10-5-3-2-4-9(10)6-11(18)14(21)22/h9-11H,2-8H2,1H3,(H,21,22). The molecule has 8 nitrogen and oxygen atoms in total. The van der Waals surface area contributed by atoms with Gasteiger partial charge in [-0.15, -0.1) is 0 Å². The smallest absolute Gasteiger partial charge is 0.327 e. The van der Waals surface area contributed by atoms with Crippen LogP contribution < -0.4 is 0 Å². The summed E-state index contributed by atoms with van der Waals surface area (Å²) in [5, 5.41) is 9.44. The van der Waals surface area contributed by atoms with Gasteiger partial charge in [0.25, 0.3) is 5.91 Å². The SMILES string of the molecule is CN1CC(=O)N(CC(=O)N2C(C(=O)O)CC3CCCCC32)C1=O. The molecule has 0 spiro atoms. The molecule has 3 unspecified atom stereocenters. The highest BCUT2D eigenvalue weighted by molar-refractivity contribution is 6.04. The topological polar surface area (TPSA) is 98.2 Å². The van der Waals surface area contributed by atoms with E-state index in [4.69, 9.17) is 0 Å². The molecule has 2 aliphatic heterocycles. The summed E-state index contributed by atoms with van der Waals surface area (Å²) in [6.45, 7) is -0.407. The Labute approximate surface area is 134 Å². The zero-order valence-electron chi connectivity index (χ0n) is 13.1. The summed E-state index contributed by atoms with van der Waals surface area (Å²) in [6.07, 6.45) is 4.23. The number of imide groups is 1. The fourth-order valence-corrected chi connectivity index (χ4v) is 4.08. The lowest BCUT2D eigenvalue weighted by atomic mass is 9.85. The molecule has 1 aliphatic carbocycles. The largest absolute Gasteiger partial charge is 0.480 e. The summed E-state index contributed by atoms with van der Waals surface area (Å²) >= 11 is 0. The third kappa shape index (κ3) is 2.66. The second-order valence-corrected chi connectivity index (χ2v) is 6.62. The zero-order valence-corrected chi connectivity index (χ0v) is 13.1. The van der Waals surface area contributed by atoms with Gasteiger partial charge in [0.1, 0.15) is 19.1 Å². The first-order chi connectivity index (χ1) is 10.9. The van der Waals surface area contributed by atoms with Crippen LogP contribution in [0.5, 0.6) is 0 Å². The van der Waals surface area contributed by atoms with Crippen molar-refractivity contribution >= 4 is 23.8 Å². The van der Waals surface area contributed by atoms with Gasteiger partial charge in [-0.05, 0) is 25.2 Å². The summed E-state index contributed by atoms with van der Waals surface area (Å²) in [5.74, 6) is -1.66. The molecule has 23 heavy (non-hydrogen) atoms. The fourth-order valence-electron chi connectivity index (χ4n) is 4.08. The third-order valence-electron chi connectivity index (χ3n) is 5.19. The molecule has 2 heterocycles. The Morgan fingerprint density at radius 2 is 1.91 bits per heavy atom. The van der Waals surface area contributed by atoms with Crippen molar-refractivity contribution in [2.24, 2.45) is 5.92 Å². The average molecular weight is 323 g/mol. The number of hydrogen-bond acceptors (Lipinski definition) is 4. The molecule has 3 fully saturated rings. The van der Waals surface area contributed by atoms with Crippen molar-refractivity contribution < 1.29 is 24.3 Å². The number of amides is 4. The Kier molecular flexibility index (Phi) is 3.99. The van der Waals surface area contributed by atoms with E-state index in [1.807, 2.05) is 0 Å². The minimum absolute atomic E-state index is 0.0411. The first-order valence-corrected chi connectivity index (χ1v) is 7.99. The summed E-state index contributed by atoms with van der Waals surface area (Å²) in [6, 6.07) is -1.43. The van der Waals surface area contributed by atoms with E-state index < -0.39 is 29.9 Å². The van der Waals surface area contributed by atoms with Crippen molar-refractivity contribution in [1.82, 2.24) is 14.7 Å². The predicted octanol–water partition coefficient (Wildman–Crippen LogP) is 0.125. The maximum absolute atomic E-state index is 12.7. The second-order valence-electron chi connectivity index (χ2n) is 6.62. The monoisotopic (exact) mass is 323 g/mol. The lowest BCUT2D eigenvalue weighted by Crippen LogP contribution is -2.51. The number of hydrogen-bond donors (Lipinski definition) is 1. The van der Waals surface area contributed by atoms with E-state index in [2.05, 4.69) is 0 Å². The Morgan fingerprint density at radius 3 is 2.52 bits per heavy atom. The van der Waals surface area contributed by atoms with Crippen LogP contribution in [0.15, 0.2) is 0 Å². The Morgan fingerprint density at radius 1 is 1.22 bits per heavy atom. The molecule has 3 rings (SSSR count). The number of fused-ring (bicyclic) bond motifs is 1. The number of nitrogens with zero attached hydrogens (tertiary/aromatic N) is 3. The van der Waals surface area contributed by atoms with Gasteiger partial charge in [0.05, 0.1) is 0 Å². The molecular formula is C15H21N3O5. The maximum atomic E-state index is 12.7. The second kappa shape index (κ2) is 5.82. The number of carboxylic acid groups (broad SMARTS) is 1. The summed E-state index contributed by atoms with van der Waals surface area (Å²) in [7, 11) is 1.50. The number of urea groups is 1. The number of carboxylic acids is 1.